The second kappa shape index (κ2) is 3.96. The van der Waals surface area contributed by atoms with Gasteiger partial charge in [-0.2, -0.15) is 0 Å². The zero-order valence-electron chi connectivity index (χ0n) is 9.10. The standard InChI is InChI=1S/C12H12O4/c1-7(2)11(13)15-16-12(14)10-8-3-4-9(10)6-5-8/h3-7,10H,1-2H3. The number of carbonyl (C=O) groups is 2. The number of carbonyl (C=O) groups excluding carboxylic acids is 2. The van der Waals surface area contributed by atoms with Gasteiger partial charge in [-0.1, -0.05) is 38.2 Å². The topological polar surface area (TPSA) is 52.6 Å². The predicted molar refractivity (Wildman–Crippen MR) is 55.8 cm³/mol. The molecular weight excluding hydrogens is 208 g/mol. The van der Waals surface area contributed by atoms with Gasteiger partial charge in [-0.05, 0) is 11.1 Å². The molecule has 4 nitrogen and oxygen atoms in total. The molecular formula is C12H12O4. The first-order chi connectivity index (χ1) is 7.59. The van der Waals surface area contributed by atoms with Crippen LogP contribution in [0.1, 0.15) is 13.8 Å². The highest BCUT2D eigenvalue weighted by Crippen LogP contribution is 2.35. The summed E-state index contributed by atoms with van der Waals surface area (Å²) >= 11 is 0. The first-order valence-corrected chi connectivity index (χ1v) is 5.11. The lowest BCUT2D eigenvalue weighted by molar-refractivity contribution is -0.262. The van der Waals surface area contributed by atoms with Gasteiger partial charge in [0.15, 0.2) is 0 Å². The summed E-state index contributed by atoms with van der Waals surface area (Å²) in [7, 11) is 0. The Labute approximate surface area is 93.2 Å². The van der Waals surface area contributed by atoms with Gasteiger partial charge in [-0.3, -0.25) is 0 Å². The van der Waals surface area contributed by atoms with Crippen molar-refractivity contribution >= 4 is 11.9 Å². The molecule has 0 N–H and O–H groups in total. The van der Waals surface area contributed by atoms with E-state index in [0.29, 0.717) is 0 Å². The molecule has 0 unspecified atom stereocenters. The minimum absolute atomic E-state index is 0.315. The maximum absolute atomic E-state index is 11.6. The van der Waals surface area contributed by atoms with Gasteiger partial charge < -0.3 is 0 Å². The van der Waals surface area contributed by atoms with Crippen molar-refractivity contribution in [2.45, 2.75) is 13.8 Å². The van der Waals surface area contributed by atoms with E-state index in [1.54, 1.807) is 13.8 Å². The lowest BCUT2D eigenvalue weighted by atomic mass is 10.0. The summed E-state index contributed by atoms with van der Waals surface area (Å²) in [4.78, 5) is 31.7. The van der Waals surface area contributed by atoms with Crippen LogP contribution in [0.2, 0.25) is 0 Å². The highest BCUT2D eigenvalue weighted by molar-refractivity contribution is 5.85. The van der Waals surface area contributed by atoms with Crippen LogP contribution in [-0.4, -0.2) is 11.9 Å². The van der Waals surface area contributed by atoms with E-state index in [0.717, 1.165) is 11.1 Å². The predicted octanol–water partition coefficient (Wildman–Crippen LogP) is 1.70. The molecule has 0 amide bonds. The molecule has 0 aromatic rings. The third-order valence-electron chi connectivity index (χ3n) is 2.52. The van der Waals surface area contributed by atoms with Crippen molar-refractivity contribution in [1.29, 1.82) is 0 Å². The molecule has 0 saturated heterocycles. The average molecular weight is 220 g/mol. The summed E-state index contributed by atoms with van der Waals surface area (Å²) in [5.74, 6) is -1.83. The Hall–Kier alpha value is -1.84. The lowest BCUT2D eigenvalue weighted by Crippen LogP contribution is -2.21. The highest BCUT2D eigenvalue weighted by Gasteiger charge is 2.34. The Balaban J connectivity index is 1.89. The van der Waals surface area contributed by atoms with Crippen LogP contribution in [0.4, 0.5) is 0 Å². The highest BCUT2D eigenvalue weighted by atomic mass is 17.2. The van der Waals surface area contributed by atoms with E-state index in [-0.39, 0.29) is 5.92 Å². The molecule has 2 aliphatic carbocycles. The van der Waals surface area contributed by atoms with Gasteiger partial charge in [0.25, 0.3) is 0 Å². The number of rotatable bonds is 2. The molecule has 4 heteroatoms. The molecule has 0 fully saturated rings. The summed E-state index contributed by atoms with van der Waals surface area (Å²) in [5.41, 5.74) is 1.75. The molecule has 0 radical (unpaired) electrons. The van der Waals surface area contributed by atoms with Crippen LogP contribution in [0.25, 0.3) is 0 Å². The fourth-order valence-electron chi connectivity index (χ4n) is 1.57. The monoisotopic (exact) mass is 220 g/mol. The summed E-state index contributed by atoms with van der Waals surface area (Å²) in [6, 6.07) is 0. The van der Waals surface area contributed by atoms with Gasteiger partial charge in [-0.15, -0.1) is 0 Å². The van der Waals surface area contributed by atoms with E-state index in [9.17, 15) is 9.59 Å². The van der Waals surface area contributed by atoms with E-state index in [1.807, 2.05) is 24.3 Å². The minimum atomic E-state index is -0.547. The first kappa shape index (κ1) is 10.7. The molecule has 0 atom stereocenters. The molecule has 2 aliphatic rings. The van der Waals surface area contributed by atoms with Gasteiger partial charge >= 0.3 is 11.9 Å². The van der Waals surface area contributed by atoms with Crippen LogP contribution in [0.15, 0.2) is 35.5 Å². The van der Waals surface area contributed by atoms with Gasteiger partial charge in [-0.25, -0.2) is 19.4 Å². The van der Waals surface area contributed by atoms with Crippen LogP contribution in [0.3, 0.4) is 0 Å². The van der Waals surface area contributed by atoms with Crippen LogP contribution < -0.4 is 0 Å². The first-order valence-electron chi connectivity index (χ1n) is 5.11. The molecule has 0 aromatic carbocycles. The van der Waals surface area contributed by atoms with Crippen LogP contribution in [0.5, 0.6) is 0 Å². The van der Waals surface area contributed by atoms with Gasteiger partial charge in [0, 0.05) is 0 Å². The van der Waals surface area contributed by atoms with Gasteiger partial charge in [0.1, 0.15) is 5.92 Å². The van der Waals surface area contributed by atoms with E-state index in [1.165, 1.54) is 0 Å². The van der Waals surface area contributed by atoms with Crippen molar-refractivity contribution < 1.29 is 19.4 Å². The number of fused-ring (bicyclic) bond motifs is 2. The largest absolute Gasteiger partial charge is 0.367 e. The maximum atomic E-state index is 11.6. The van der Waals surface area contributed by atoms with E-state index in [4.69, 9.17) is 0 Å². The molecule has 84 valence electrons. The van der Waals surface area contributed by atoms with Crippen molar-refractivity contribution in [3.05, 3.63) is 35.5 Å². The van der Waals surface area contributed by atoms with Crippen LogP contribution in [-0.2, 0) is 19.4 Å². The second-order valence-corrected chi connectivity index (χ2v) is 4.06. The molecule has 2 rings (SSSR count). The molecule has 2 bridgehead atoms. The second-order valence-electron chi connectivity index (χ2n) is 4.06. The minimum Gasteiger partial charge on any atom is -0.247 e. The average Bonchev–Trinajstić information content (AvgIpc) is 2.84. The van der Waals surface area contributed by atoms with Crippen LogP contribution in [0, 0.1) is 11.8 Å². The molecule has 16 heavy (non-hydrogen) atoms. The molecule has 0 heterocycles. The summed E-state index contributed by atoms with van der Waals surface area (Å²) in [5, 5.41) is 0. The zero-order chi connectivity index (χ0) is 11.7. The number of hydrogen-bond acceptors (Lipinski definition) is 4. The fourth-order valence-corrected chi connectivity index (χ4v) is 1.57. The molecule has 0 saturated carbocycles. The lowest BCUT2D eigenvalue weighted by Gasteiger charge is -2.09. The van der Waals surface area contributed by atoms with Crippen molar-refractivity contribution in [1.82, 2.24) is 0 Å². The maximum Gasteiger partial charge on any atom is 0.367 e. The van der Waals surface area contributed by atoms with Gasteiger partial charge in [0.2, 0.25) is 0 Å². The molecule has 0 spiro atoms. The van der Waals surface area contributed by atoms with E-state index >= 15 is 0 Å². The summed E-state index contributed by atoms with van der Waals surface area (Å²) in [6.07, 6.45) is 7.41. The van der Waals surface area contributed by atoms with Crippen LogP contribution >= 0.6 is 0 Å². The summed E-state index contributed by atoms with van der Waals surface area (Å²) in [6.45, 7) is 3.34. The van der Waals surface area contributed by atoms with Crippen molar-refractivity contribution in [2.24, 2.45) is 11.8 Å². The number of allylic oxidation sites excluding steroid dienone is 4. The van der Waals surface area contributed by atoms with E-state index < -0.39 is 17.9 Å². The number of hydrogen-bond donors (Lipinski definition) is 0. The third kappa shape index (κ3) is 1.78. The smallest absolute Gasteiger partial charge is 0.247 e. The third-order valence-corrected chi connectivity index (χ3v) is 2.52. The Kier molecular flexibility index (Phi) is 2.64. The molecule has 0 aliphatic heterocycles. The Morgan fingerprint density at radius 1 is 1.12 bits per heavy atom. The Morgan fingerprint density at radius 3 is 2.12 bits per heavy atom. The SMILES string of the molecule is CC(C)C(=O)OOC(=O)C1C2=CC=C1C=C2. The Bertz CT molecular complexity index is 404. The quantitative estimate of drug-likeness (QED) is 0.525. The van der Waals surface area contributed by atoms with Crippen molar-refractivity contribution in [2.75, 3.05) is 0 Å². The molecule has 0 aromatic heterocycles. The zero-order valence-corrected chi connectivity index (χ0v) is 9.10. The Morgan fingerprint density at radius 2 is 1.69 bits per heavy atom. The summed E-state index contributed by atoms with van der Waals surface area (Å²) < 4.78 is 0. The van der Waals surface area contributed by atoms with Crippen molar-refractivity contribution in [3.8, 4) is 0 Å². The van der Waals surface area contributed by atoms with E-state index in [2.05, 4.69) is 9.78 Å². The normalized spacial score (nSPS) is 17.4. The fraction of sp³-hybridized carbons (Fsp3) is 0.333. The van der Waals surface area contributed by atoms with Gasteiger partial charge in [0.05, 0.1) is 5.92 Å². The van der Waals surface area contributed by atoms with Crippen molar-refractivity contribution in [3.63, 3.8) is 0 Å².